The summed E-state index contributed by atoms with van der Waals surface area (Å²) in [6.45, 7) is 2.69. The second-order valence-electron chi connectivity index (χ2n) is 6.04. The fourth-order valence-corrected chi connectivity index (χ4v) is 3.15. The van der Waals surface area contributed by atoms with Crippen LogP contribution in [0.1, 0.15) is 44.6 Å². The third-order valence-corrected chi connectivity index (χ3v) is 4.47. The van der Waals surface area contributed by atoms with Crippen LogP contribution in [0.15, 0.2) is 30.3 Å². The number of nitrogens with zero attached hydrogens (tertiary/aromatic N) is 1. The van der Waals surface area contributed by atoms with E-state index in [1.807, 2.05) is 30.3 Å². The Labute approximate surface area is 132 Å². The fraction of sp³-hybridized carbons (Fsp3) is 0.556. The number of hydrogen-bond donors (Lipinski definition) is 1. The van der Waals surface area contributed by atoms with Gasteiger partial charge in [-0.15, -0.1) is 0 Å². The minimum Gasteiger partial charge on any atom is -0.480 e. The van der Waals surface area contributed by atoms with Crippen molar-refractivity contribution in [1.82, 2.24) is 4.90 Å². The Bertz CT molecular complexity index is 500. The van der Waals surface area contributed by atoms with E-state index >= 15 is 0 Å². The summed E-state index contributed by atoms with van der Waals surface area (Å²) >= 11 is 0. The third kappa shape index (κ3) is 4.09. The van der Waals surface area contributed by atoms with Crippen LogP contribution in [0.5, 0.6) is 0 Å². The first-order valence-corrected chi connectivity index (χ1v) is 8.20. The lowest BCUT2D eigenvalue weighted by Crippen LogP contribution is -2.43. The summed E-state index contributed by atoms with van der Waals surface area (Å²) in [4.78, 5) is 25.6. The zero-order valence-corrected chi connectivity index (χ0v) is 13.2. The molecule has 2 atom stereocenters. The summed E-state index contributed by atoms with van der Waals surface area (Å²) in [5.74, 6) is -0.826. The molecular weight excluding hydrogens is 278 g/mol. The average Bonchev–Trinajstić information content (AvgIpc) is 2.87. The number of carboxylic acid groups (broad SMARTS) is 1. The molecule has 1 N–H and O–H groups in total. The molecule has 0 bridgehead atoms. The highest BCUT2D eigenvalue weighted by Gasteiger charge is 2.38. The maximum absolute atomic E-state index is 12.4. The first kappa shape index (κ1) is 16.5. The first-order chi connectivity index (χ1) is 10.6. The molecule has 0 aromatic heterocycles. The van der Waals surface area contributed by atoms with E-state index in [9.17, 15) is 14.7 Å². The van der Waals surface area contributed by atoms with Gasteiger partial charge < -0.3 is 10.0 Å². The number of carboxylic acids is 1. The second-order valence-corrected chi connectivity index (χ2v) is 6.04. The van der Waals surface area contributed by atoms with Gasteiger partial charge in [-0.05, 0) is 31.2 Å². The molecule has 4 nitrogen and oxygen atoms in total. The van der Waals surface area contributed by atoms with E-state index in [0.29, 0.717) is 19.4 Å². The van der Waals surface area contributed by atoms with E-state index in [2.05, 4.69) is 6.92 Å². The Morgan fingerprint density at radius 3 is 2.73 bits per heavy atom. The number of likely N-dealkylation sites (tertiary alicyclic amines) is 1. The molecule has 1 fully saturated rings. The van der Waals surface area contributed by atoms with Gasteiger partial charge in [-0.1, -0.05) is 50.1 Å². The molecule has 1 aliphatic rings. The second kappa shape index (κ2) is 7.97. The molecule has 0 radical (unpaired) electrons. The van der Waals surface area contributed by atoms with Crippen LogP contribution in [0.3, 0.4) is 0 Å². The molecular formula is C18H25NO3. The van der Waals surface area contributed by atoms with Crippen molar-refractivity contribution in [3.05, 3.63) is 35.9 Å². The van der Waals surface area contributed by atoms with Gasteiger partial charge >= 0.3 is 5.97 Å². The summed E-state index contributed by atoms with van der Waals surface area (Å²) < 4.78 is 0. The largest absolute Gasteiger partial charge is 0.480 e. The quantitative estimate of drug-likeness (QED) is 0.803. The van der Waals surface area contributed by atoms with Crippen molar-refractivity contribution in [2.45, 2.75) is 51.5 Å². The van der Waals surface area contributed by atoms with Crippen molar-refractivity contribution in [3.8, 4) is 0 Å². The lowest BCUT2D eigenvalue weighted by Gasteiger charge is -2.25. The average molecular weight is 303 g/mol. The maximum atomic E-state index is 12.4. The van der Waals surface area contributed by atoms with E-state index < -0.39 is 12.0 Å². The van der Waals surface area contributed by atoms with E-state index in [1.54, 1.807) is 4.90 Å². The standard InChI is InChI=1S/C18H25NO3/c1-2-3-9-15-12-13-19(17(15)20)16(18(21)22)11-10-14-7-5-4-6-8-14/h4-8,15-16H,2-3,9-13H2,1H3,(H,21,22)/t15-,16?/m0/s1. The van der Waals surface area contributed by atoms with Gasteiger partial charge in [-0.25, -0.2) is 4.79 Å². The summed E-state index contributed by atoms with van der Waals surface area (Å²) in [5, 5.41) is 9.50. The molecule has 0 saturated carbocycles. The van der Waals surface area contributed by atoms with E-state index in [4.69, 9.17) is 0 Å². The van der Waals surface area contributed by atoms with Gasteiger partial charge in [-0.2, -0.15) is 0 Å². The van der Waals surface area contributed by atoms with Crippen molar-refractivity contribution >= 4 is 11.9 Å². The SMILES string of the molecule is CCCC[C@H]1CCN(C(CCc2ccccc2)C(=O)O)C1=O. The van der Waals surface area contributed by atoms with Crippen LogP contribution >= 0.6 is 0 Å². The molecule has 4 heteroatoms. The molecule has 1 aromatic carbocycles. The molecule has 1 unspecified atom stereocenters. The van der Waals surface area contributed by atoms with Crippen molar-refractivity contribution in [3.63, 3.8) is 0 Å². The predicted molar refractivity (Wildman–Crippen MR) is 85.5 cm³/mol. The van der Waals surface area contributed by atoms with Crippen molar-refractivity contribution in [2.75, 3.05) is 6.54 Å². The molecule has 1 aromatic rings. The lowest BCUT2D eigenvalue weighted by molar-refractivity contribution is -0.149. The number of benzene rings is 1. The Hall–Kier alpha value is -1.84. The Morgan fingerprint density at radius 1 is 1.36 bits per heavy atom. The van der Waals surface area contributed by atoms with Crippen LogP contribution in [-0.2, 0) is 16.0 Å². The summed E-state index contributed by atoms with van der Waals surface area (Å²) in [6, 6.07) is 9.14. The van der Waals surface area contributed by atoms with Crippen LogP contribution < -0.4 is 0 Å². The summed E-state index contributed by atoms with van der Waals surface area (Å²) in [7, 11) is 0. The van der Waals surface area contributed by atoms with Crippen LogP contribution in [0.2, 0.25) is 0 Å². The van der Waals surface area contributed by atoms with Gasteiger partial charge in [0.1, 0.15) is 6.04 Å². The maximum Gasteiger partial charge on any atom is 0.326 e. The zero-order chi connectivity index (χ0) is 15.9. The monoisotopic (exact) mass is 303 g/mol. The number of aryl methyl sites for hydroxylation is 1. The number of carbonyl (C=O) groups is 2. The highest BCUT2D eigenvalue weighted by atomic mass is 16.4. The molecule has 1 heterocycles. The van der Waals surface area contributed by atoms with Crippen molar-refractivity contribution in [1.29, 1.82) is 0 Å². The van der Waals surface area contributed by atoms with Crippen molar-refractivity contribution in [2.24, 2.45) is 5.92 Å². The fourth-order valence-electron chi connectivity index (χ4n) is 3.15. The van der Waals surface area contributed by atoms with Gasteiger partial charge in [0.25, 0.3) is 0 Å². The minimum atomic E-state index is -0.888. The molecule has 2 rings (SSSR count). The van der Waals surface area contributed by atoms with Gasteiger partial charge in [0.05, 0.1) is 0 Å². The van der Waals surface area contributed by atoms with Gasteiger partial charge in [0, 0.05) is 12.5 Å². The zero-order valence-electron chi connectivity index (χ0n) is 13.2. The van der Waals surface area contributed by atoms with Gasteiger partial charge in [0.15, 0.2) is 0 Å². The Balaban J connectivity index is 1.96. The van der Waals surface area contributed by atoms with Crippen LogP contribution in [-0.4, -0.2) is 34.5 Å². The molecule has 1 saturated heterocycles. The number of unbranched alkanes of at least 4 members (excludes halogenated alkanes) is 1. The number of hydrogen-bond acceptors (Lipinski definition) is 2. The molecule has 1 amide bonds. The molecule has 22 heavy (non-hydrogen) atoms. The Morgan fingerprint density at radius 2 is 2.09 bits per heavy atom. The normalized spacial score (nSPS) is 19.4. The summed E-state index contributed by atoms with van der Waals surface area (Å²) in [6.07, 6.45) is 4.95. The lowest BCUT2D eigenvalue weighted by atomic mass is 10.0. The molecule has 0 aliphatic carbocycles. The topological polar surface area (TPSA) is 57.6 Å². The smallest absolute Gasteiger partial charge is 0.326 e. The van der Waals surface area contributed by atoms with Gasteiger partial charge in [-0.3, -0.25) is 4.79 Å². The highest BCUT2D eigenvalue weighted by molar-refractivity contribution is 5.86. The summed E-state index contributed by atoms with van der Waals surface area (Å²) in [5.41, 5.74) is 1.11. The predicted octanol–water partition coefficient (Wildman–Crippen LogP) is 3.11. The number of aliphatic carboxylic acids is 1. The van der Waals surface area contributed by atoms with E-state index in [0.717, 1.165) is 31.2 Å². The molecule has 0 spiro atoms. The minimum absolute atomic E-state index is 0.0264. The van der Waals surface area contributed by atoms with Gasteiger partial charge in [0.2, 0.25) is 5.91 Å². The van der Waals surface area contributed by atoms with Crippen LogP contribution in [0, 0.1) is 5.92 Å². The van der Waals surface area contributed by atoms with Crippen molar-refractivity contribution < 1.29 is 14.7 Å². The van der Waals surface area contributed by atoms with E-state index in [-0.39, 0.29) is 11.8 Å². The van der Waals surface area contributed by atoms with E-state index in [1.165, 1.54) is 0 Å². The third-order valence-electron chi connectivity index (χ3n) is 4.47. The number of amides is 1. The first-order valence-electron chi connectivity index (χ1n) is 8.20. The molecule has 120 valence electrons. The van der Waals surface area contributed by atoms with Crippen LogP contribution in [0.4, 0.5) is 0 Å². The Kier molecular flexibility index (Phi) is 5.99. The van der Waals surface area contributed by atoms with Crippen LogP contribution in [0.25, 0.3) is 0 Å². The number of carbonyl (C=O) groups excluding carboxylic acids is 1. The molecule has 1 aliphatic heterocycles. The number of rotatable bonds is 8. The highest BCUT2D eigenvalue weighted by Crippen LogP contribution is 2.26.